The zero-order valence-corrected chi connectivity index (χ0v) is 49.6. The fourth-order valence-corrected chi connectivity index (χ4v) is 9.22. The van der Waals surface area contributed by atoms with Gasteiger partial charge in [0.2, 0.25) is 0 Å². The minimum absolute atomic E-state index is 0.150. The van der Waals surface area contributed by atoms with Crippen LogP contribution in [-0.4, -0.2) is 66.5 Å². The monoisotopic (exact) mass is 1090 g/mol. The van der Waals surface area contributed by atoms with Crippen LogP contribution in [0.25, 0.3) is 0 Å². The first-order chi connectivity index (χ1) is 37.2. The zero-order valence-electron chi connectivity index (χ0n) is 48.7. The highest BCUT2D eigenvalue weighted by molar-refractivity contribution is 7.47. The van der Waals surface area contributed by atoms with Gasteiger partial charge in [-0.15, -0.1) is 0 Å². The second kappa shape index (κ2) is 58.1. The van der Waals surface area contributed by atoms with Gasteiger partial charge in [-0.2, -0.15) is 0 Å². The second-order valence-corrected chi connectivity index (χ2v) is 21.9. The lowest BCUT2D eigenvalue weighted by molar-refractivity contribution is -0.161. The Hall–Kier alpha value is -3.08. The molecule has 0 aliphatic rings. The fourth-order valence-electron chi connectivity index (χ4n) is 8.44. The Bertz CT molecular complexity index is 1550. The van der Waals surface area contributed by atoms with Crippen LogP contribution in [0.3, 0.4) is 0 Å². The van der Waals surface area contributed by atoms with Crippen LogP contribution in [-0.2, 0) is 42.2 Å². The van der Waals surface area contributed by atoms with Crippen LogP contribution in [0.5, 0.6) is 0 Å². The van der Waals surface area contributed by atoms with Gasteiger partial charge in [0.1, 0.15) is 12.7 Å². The fraction of sp³-hybridized carbons (Fsp3) is 0.766. The van der Waals surface area contributed by atoms with E-state index < -0.39 is 57.8 Å². The molecule has 0 heterocycles. The van der Waals surface area contributed by atoms with Gasteiger partial charge in [-0.1, -0.05) is 241 Å². The normalized spacial score (nSPS) is 13.8. The molecule has 0 rings (SSSR count). The third-order valence-corrected chi connectivity index (χ3v) is 14.1. The number of aliphatic hydroxyl groups is 1. The topological polar surface area (TPSA) is 155 Å². The lowest BCUT2D eigenvalue weighted by atomic mass is 10.0. The molecule has 0 bridgehead atoms. The van der Waals surface area contributed by atoms with Gasteiger partial charge in [-0.3, -0.25) is 23.4 Å². The molecule has 3 unspecified atom stereocenters. The molecule has 0 aliphatic carbocycles. The van der Waals surface area contributed by atoms with E-state index in [4.69, 9.17) is 23.3 Å². The van der Waals surface area contributed by atoms with E-state index in [9.17, 15) is 28.9 Å². The summed E-state index contributed by atoms with van der Waals surface area (Å²) in [5.74, 6) is -1.48. The number of phosphoric acid groups is 1. The Labute approximate surface area is 465 Å². The smallest absolute Gasteiger partial charge is 0.462 e. The van der Waals surface area contributed by atoms with E-state index in [1.807, 2.05) is 0 Å². The highest BCUT2D eigenvalue weighted by Gasteiger charge is 2.28. The Balaban J connectivity index is 4.74. The van der Waals surface area contributed by atoms with Crippen LogP contribution < -0.4 is 0 Å². The number of hydrogen-bond donors (Lipinski definition) is 2. The molecule has 0 fully saturated rings. The number of esters is 3. The van der Waals surface area contributed by atoms with Crippen LogP contribution in [0, 0.1) is 0 Å². The minimum atomic E-state index is -4.76. The molecule has 0 spiro atoms. The molecule has 11 nitrogen and oxygen atoms in total. The van der Waals surface area contributed by atoms with Crippen LogP contribution >= 0.6 is 7.82 Å². The third-order valence-electron chi connectivity index (χ3n) is 13.1. The maximum Gasteiger partial charge on any atom is 0.472 e. The standard InChI is InChI=1S/C64H113O11P/c1-4-7-10-13-16-19-22-25-28-29-30-31-34-37-40-43-46-49-52-55-64(68)75-61(57-71-62(66)53-50-47-44-41-38-35-32-26-23-20-17-14-11-8-5-2)59-73-76(69,70)72-58-60(56-65)74-63(67)54-51-48-45-42-39-36-33-27-24-21-18-15-12-9-6-3/h7,10,16,18-19,21,25,27-28,30-31,33,60-61,65H,4-6,8-9,11-15,17,20,22-24,26,29,32,34-59H2,1-3H3,(H,69,70)/b10-7-,19-16-,21-18-,28-25-,31-30-,33-27-. The summed E-state index contributed by atoms with van der Waals surface area (Å²) in [4.78, 5) is 48.7. The van der Waals surface area contributed by atoms with Gasteiger partial charge in [0.05, 0.1) is 19.8 Å². The number of phosphoric ester groups is 1. The Kier molecular flexibility index (Phi) is 55.7. The molecule has 0 aromatic heterocycles. The minimum Gasteiger partial charge on any atom is -0.462 e. The molecule has 0 saturated heterocycles. The molecule has 0 radical (unpaired) electrons. The number of carbonyl (C=O) groups excluding carboxylic acids is 3. The first-order valence-corrected chi connectivity index (χ1v) is 32.3. The first kappa shape index (κ1) is 72.9. The van der Waals surface area contributed by atoms with Gasteiger partial charge in [0, 0.05) is 19.3 Å². The molecule has 0 aliphatic heterocycles. The molecule has 3 atom stereocenters. The van der Waals surface area contributed by atoms with Crippen molar-refractivity contribution in [1.82, 2.24) is 0 Å². The lowest BCUT2D eigenvalue weighted by Crippen LogP contribution is -2.30. The van der Waals surface area contributed by atoms with E-state index in [1.54, 1.807) is 0 Å². The van der Waals surface area contributed by atoms with Crippen molar-refractivity contribution in [3.05, 3.63) is 72.9 Å². The Morgan fingerprint density at radius 2 is 0.684 bits per heavy atom. The molecule has 0 aromatic rings. The van der Waals surface area contributed by atoms with E-state index in [0.717, 1.165) is 128 Å². The summed E-state index contributed by atoms with van der Waals surface area (Å²) in [6.45, 7) is 4.51. The molecule has 440 valence electrons. The molecule has 12 heteroatoms. The number of rotatable bonds is 57. The van der Waals surface area contributed by atoms with Crippen molar-refractivity contribution in [2.75, 3.05) is 26.4 Å². The summed E-state index contributed by atoms with van der Waals surface area (Å²) in [6.07, 6.45) is 65.6. The van der Waals surface area contributed by atoms with Crippen LogP contribution in [0.4, 0.5) is 0 Å². The summed E-state index contributed by atoms with van der Waals surface area (Å²) in [5, 5.41) is 9.83. The van der Waals surface area contributed by atoms with Crippen LogP contribution in [0.2, 0.25) is 0 Å². The molecule has 76 heavy (non-hydrogen) atoms. The van der Waals surface area contributed by atoms with E-state index >= 15 is 0 Å². The van der Waals surface area contributed by atoms with Crippen molar-refractivity contribution in [3.8, 4) is 0 Å². The number of unbranched alkanes of at least 4 members (excludes halogenated alkanes) is 28. The molecule has 0 amide bonds. The third kappa shape index (κ3) is 55.7. The van der Waals surface area contributed by atoms with Crippen molar-refractivity contribution in [2.45, 2.75) is 290 Å². The van der Waals surface area contributed by atoms with Crippen molar-refractivity contribution in [2.24, 2.45) is 0 Å². The van der Waals surface area contributed by atoms with Gasteiger partial charge in [-0.25, -0.2) is 4.57 Å². The van der Waals surface area contributed by atoms with Gasteiger partial charge in [0.25, 0.3) is 0 Å². The quantitative estimate of drug-likeness (QED) is 0.0197. The Morgan fingerprint density at radius 1 is 0.382 bits per heavy atom. The lowest BCUT2D eigenvalue weighted by Gasteiger charge is -2.21. The van der Waals surface area contributed by atoms with Crippen molar-refractivity contribution in [1.29, 1.82) is 0 Å². The average molecular weight is 1090 g/mol. The van der Waals surface area contributed by atoms with E-state index in [2.05, 4.69) is 93.7 Å². The van der Waals surface area contributed by atoms with E-state index in [-0.39, 0.29) is 25.9 Å². The van der Waals surface area contributed by atoms with E-state index in [1.165, 1.54) is 89.9 Å². The first-order valence-electron chi connectivity index (χ1n) is 30.8. The summed E-state index contributed by atoms with van der Waals surface area (Å²) in [5.41, 5.74) is 0. The zero-order chi connectivity index (χ0) is 55.5. The predicted octanol–water partition coefficient (Wildman–Crippen LogP) is 18.5. The van der Waals surface area contributed by atoms with Gasteiger partial charge < -0.3 is 24.2 Å². The number of carbonyl (C=O) groups is 3. The SMILES string of the molecule is CC/C=C\C/C=C\C/C=C\C/C=C\CCCCCCCCC(=O)OC(COC(=O)CCCCCCCCCCCCCCCCC)COP(=O)(O)OCC(CO)OC(=O)CCCCCCC/C=C\C/C=C\CCCCC. The molecule has 0 saturated carbocycles. The summed E-state index contributed by atoms with van der Waals surface area (Å²) < 4.78 is 39.6. The Morgan fingerprint density at radius 3 is 1.08 bits per heavy atom. The van der Waals surface area contributed by atoms with Crippen molar-refractivity contribution >= 4 is 25.7 Å². The van der Waals surface area contributed by atoms with Crippen molar-refractivity contribution in [3.63, 3.8) is 0 Å². The number of ether oxygens (including phenoxy) is 3. The molecular weight excluding hydrogens is 976 g/mol. The van der Waals surface area contributed by atoms with Gasteiger partial charge in [-0.05, 0) is 89.9 Å². The van der Waals surface area contributed by atoms with Gasteiger partial charge in [0.15, 0.2) is 6.10 Å². The number of allylic oxidation sites excluding steroid dienone is 12. The van der Waals surface area contributed by atoms with Crippen LogP contribution in [0.15, 0.2) is 72.9 Å². The summed E-state index contributed by atoms with van der Waals surface area (Å²) in [6, 6.07) is 0. The highest BCUT2D eigenvalue weighted by atomic mass is 31.2. The predicted molar refractivity (Wildman–Crippen MR) is 316 cm³/mol. The maximum atomic E-state index is 12.9. The highest BCUT2D eigenvalue weighted by Crippen LogP contribution is 2.43. The summed E-state index contributed by atoms with van der Waals surface area (Å²) in [7, 11) is -4.76. The number of aliphatic hydroxyl groups excluding tert-OH is 1. The van der Waals surface area contributed by atoms with Crippen molar-refractivity contribution < 1.29 is 52.2 Å². The van der Waals surface area contributed by atoms with E-state index in [0.29, 0.717) is 19.3 Å². The average Bonchev–Trinajstić information content (AvgIpc) is 3.41. The number of hydrogen-bond acceptors (Lipinski definition) is 10. The maximum absolute atomic E-state index is 12.9. The summed E-state index contributed by atoms with van der Waals surface area (Å²) >= 11 is 0. The second-order valence-electron chi connectivity index (χ2n) is 20.5. The largest absolute Gasteiger partial charge is 0.472 e. The van der Waals surface area contributed by atoms with Crippen LogP contribution in [0.1, 0.15) is 278 Å². The molecule has 0 aromatic carbocycles. The van der Waals surface area contributed by atoms with Gasteiger partial charge >= 0.3 is 25.7 Å². The molecular formula is C64H113O11P. The molecule has 2 N–H and O–H groups in total.